The van der Waals surface area contributed by atoms with Crippen LogP contribution in [0.1, 0.15) is 11.3 Å². The number of aliphatic hydroxyl groups is 1. The fourth-order valence-corrected chi connectivity index (χ4v) is 1.46. The molecule has 0 radical (unpaired) electrons. The number of amidine groups is 1. The Bertz CT molecular complexity index is 582. The van der Waals surface area contributed by atoms with Crippen LogP contribution in [0.25, 0.3) is 0 Å². The second-order valence-corrected chi connectivity index (χ2v) is 3.77. The molecule has 0 aliphatic rings. The first-order chi connectivity index (χ1) is 9.22. The van der Waals surface area contributed by atoms with Crippen LogP contribution in [0.4, 0.5) is 0 Å². The number of pyridine rings is 1. The van der Waals surface area contributed by atoms with Crippen molar-refractivity contribution in [1.82, 2.24) is 4.98 Å². The van der Waals surface area contributed by atoms with Crippen molar-refractivity contribution in [2.45, 2.75) is 6.61 Å². The van der Waals surface area contributed by atoms with Crippen LogP contribution in [-0.2, 0) is 6.61 Å². The van der Waals surface area contributed by atoms with Gasteiger partial charge in [-0.3, -0.25) is 4.98 Å². The third-order valence-corrected chi connectivity index (χ3v) is 2.44. The Hall–Kier alpha value is -2.60. The van der Waals surface area contributed by atoms with Crippen LogP contribution in [0.5, 0.6) is 11.5 Å². The number of nitrogens with two attached hydrogens (primary N) is 1. The monoisotopic (exact) mass is 259 g/mol. The number of hydrogen-bond donors (Lipinski definition) is 3. The van der Waals surface area contributed by atoms with Crippen LogP contribution in [0, 0.1) is 0 Å². The van der Waals surface area contributed by atoms with Gasteiger partial charge in [0.25, 0.3) is 0 Å². The summed E-state index contributed by atoms with van der Waals surface area (Å²) in [6, 6.07) is 10.2. The summed E-state index contributed by atoms with van der Waals surface area (Å²) in [4.78, 5) is 3.95. The molecule has 0 saturated carbocycles. The normalized spacial score (nSPS) is 11.3. The predicted octanol–water partition coefficient (Wildman–Crippen LogP) is 1.46. The van der Waals surface area contributed by atoms with Gasteiger partial charge in [0.05, 0.1) is 6.61 Å². The van der Waals surface area contributed by atoms with Gasteiger partial charge in [-0.2, -0.15) is 0 Å². The first-order valence-electron chi connectivity index (χ1n) is 5.54. The summed E-state index contributed by atoms with van der Waals surface area (Å²) in [6.07, 6.45) is 1.50. The molecule has 6 nitrogen and oxygen atoms in total. The van der Waals surface area contributed by atoms with E-state index in [-0.39, 0.29) is 12.4 Å². The van der Waals surface area contributed by atoms with E-state index in [1.54, 1.807) is 36.4 Å². The van der Waals surface area contributed by atoms with Crippen LogP contribution in [-0.4, -0.2) is 21.1 Å². The molecule has 2 rings (SSSR count). The van der Waals surface area contributed by atoms with Gasteiger partial charge in [-0.05, 0) is 23.8 Å². The highest BCUT2D eigenvalue weighted by Gasteiger charge is 2.04. The summed E-state index contributed by atoms with van der Waals surface area (Å²) in [5.41, 5.74) is 6.58. The van der Waals surface area contributed by atoms with E-state index in [2.05, 4.69) is 10.1 Å². The fraction of sp³-hybridized carbons (Fsp3) is 0.0769. The second kappa shape index (κ2) is 5.83. The molecule has 0 unspecified atom stereocenters. The zero-order valence-corrected chi connectivity index (χ0v) is 10.0. The molecule has 0 atom stereocenters. The molecule has 98 valence electrons. The Morgan fingerprint density at radius 2 is 1.95 bits per heavy atom. The fourth-order valence-electron chi connectivity index (χ4n) is 1.46. The van der Waals surface area contributed by atoms with Gasteiger partial charge in [0.1, 0.15) is 17.2 Å². The highest BCUT2D eigenvalue weighted by atomic mass is 16.5. The lowest BCUT2D eigenvalue weighted by Gasteiger charge is -2.07. The maximum atomic E-state index is 8.94. The van der Waals surface area contributed by atoms with Crippen LogP contribution in [0.3, 0.4) is 0 Å². The lowest BCUT2D eigenvalue weighted by molar-refractivity contribution is 0.281. The molecule has 0 saturated heterocycles. The second-order valence-electron chi connectivity index (χ2n) is 3.77. The minimum absolute atomic E-state index is 0.0107. The standard InChI is InChI=1S/C13H13N3O3/c14-13(16-18)12-7-11(5-6-15-12)19-10-3-1-9(8-17)2-4-10/h1-7,17-18H,8H2,(H2,14,16). The van der Waals surface area contributed by atoms with E-state index < -0.39 is 0 Å². The van der Waals surface area contributed by atoms with Crippen molar-refractivity contribution < 1.29 is 15.1 Å². The number of hydrogen-bond acceptors (Lipinski definition) is 5. The topological polar surface area (TPSA) is 101 Å². The van der Waals surface area contributed by atoms with Crippen molar-refractivity contribution in [1.29, 1.82) is 0 Å². The predicted molar refractivity (Wildman–Crippen MR) is 69.2 cm³/mol. The number of ether oxygens (including phenoxy) is 1. The van der Waals surface area contributed by atoms with Gasteiger partial charge >= 0.3 is 0 Å². The molecule has 0 aliphatic carbocycles. The van der Waals surface area contributed by atoms with E-state index in [1.807, 2.05) is 0 Å². The lowest BCUT2D eigenvalue weighted by Crippen LogP contribution is -2.14. The molecule has 6 heteroatoms. The molecule has 0 aliphatic heterocycles. The number of oxime groups is 1. The van der Waals surface area contributed by atoms with Crippen LogP contribution in [0.2, 0.25) is 0 Å². The summed E-state index contributed by atoms with van der Waals surface area (Å²) < 4.78 is 5.60. The lowest BCUT2D eigenvalue weighted by atomic mass is 10.2. The first kappa shape index (κ1) is 12.8. The van der Waals surface area contributed by atoms with Gasteiger partial charge in [0, 0.05) is 12.3 Å². The van der Waals surface area contributed by atoms with E-state index in [1.165, 1.54) is 6.20 Å². The number of aromatic nitrogens is 1. The smallest absolute Gasteiger partial charge is 0.188 e. The van der Waals surface area contributed by atoms with Crippen molar-refractivity contribution in [3.05, 3.63) is 53.9 Å². The van der Waals surface area contributed by atoms with Gasteiger partial charge < -0.3 is 20.8 Å². The minimum atomic E-state index is -0.0823. The molecule has 0 fully saturated rings. The number of rotatable bonds is 4. The van der Waals surface area contributed by atoms with Crippen LogP contribution >= 0.6 is 0 Å². The largest absolute Gasteiger partial charge is 0.457 e. The van der Waals surface area contributed by atoms with Crippen molar-refractivity contribution in [2.24, 2.45) is 10.9 Å². The van der Waals surface area contributed by atoms with Crippen molar-refractivity contribution in [3.63, 3.8) is 0 Å². The van der Waals surface area contributed by atoms with E-state index in [4.69, 9.17) is 20.8 Å². The molecular weight excluding hydrogens is 246 g/mol. The molecule has 1 aromatic heterocycles. The molecule has 19 heavy (non-hydrogen) atoms. The molecule has 1 aromatic carbocycles. The summed E-state index contributed by atoms with van der Waals surface area (Å²) >= 11 is 0. The summed E-state index contributed by atoms with van der Waals surface area (Å²) in [5.74, 6) is 1.06. The Kier molecular flexibility index (Phi) is 3.94. The average molecular weight is 259 g/mol. The Labute approximate surface area is 109 Å². The Balaban J connectivity index is 2.18. The highest BCUT2D eigenvalue weighted by molar-refractivity contribution is 5.95. The van der Waals surface area contributed by atoms with E-state index in [0.717, 1.165) is 5.56 Å². The summed E-state index contributed by atoms with van der Waals surface area (Å²) in [7, 11) is 0. The average Bonchev–Trinajstić information content (AvgIpc) is 2.47. The quantitative estimate of drug-likeness (QED) is 0.334. The summed E-state index contributed by atoms with van der Waals surface area (Å²) in [5, 5.41) is 20.4. The van der Waals surface area contributed by atoms with E-state index in [0.29, 0.717) is 17.2 Å². The maximum Gasteiger partial charge on any atom is 0.188 e. The SMILES string of the molecule is NC(=NO)c1cc(Oc2ccc(CO)cc2)ccn1. The van der Waals surface area contributed by atoms with Gasteiger partial charge in [0.15, 0.2) is 5.84 Å². The van der Waals surface area contributed by atoms with Crippen molar-refractivity contribution in [3.8, 4) is 11.5 Å². The van der Waals surface area contributed by atoms with Gasteiger partial charge in [-0.15, -0.1) is 0 Å². The Morgan fingerprint density at radius 3 is 2.58 bits per heavy atom. The highest BCUT2D eigenvalue weighted by Crippen LogP contribution is 2.21. The first-order valence-corrected chi connectivity index (χ1v) is 5.54. The van der Waals surface area contributed by atoms with Gasteiger partial charge in [0.2, 0.25) is 0 Å². The summed E-state index contributed by atoms with van der Waals surface area (Å²) in [6.45, 7) is -0.0107. The third kappa shape index (κ3) is 3.20. The molecule has 0 amide bonds. The number of aliphatic hydroxyl groups excluding tert-OH is 1. The molecule has 1 heterocycles. The zero-order chi connectivity index (χ0) is 13.7. The van der Waals surface area contributed by atoms with E-state index >= 15 is 0 Å². The Morgan fingerprint density at radius 1 is 1.21 bits per heavy atom. The molecule has 0 bridgehead atoms. The van der Waals surface area contributed by atoms with E-state index in [9.17, 15) is 0 Å². The third-order valence-electron chi connectivity index (χ3n) is 2.44. The molecule has 2 aromatic rings. The maximum absolute atomic E-state index is 8.94. The zero-order valence-electron chi connectivity index (χ0n) is 10.0. The number of benzene rings is 1. The van der Waals surface area contributed by atoms with Crippen molar-refractivity contribution >= 4 is 5.84 Å². The van der Waals surface area contributed by atoms with Gasteiger partial charge in [-0.1, -0.05) is 17.3 Å². The molecular formula is C13H13N3O3. The van der Waals surface area contributed by atoms with Crippen LogP contribution < -0.4 is 10.5 Å². The van der Waals surface area contributed by atoms with Crippen LogP contribution in [0.15, 0.2) is 47.8 Å². The van der Waals surface area contributed by atoms with Crippen molar-refractivity contribution in [2.75, 3.05) is 0 Å². The minimum Gasteiger partial charge on any atom is -0.457 e. The molecule has 0 spiro atoms. The number of nitrogens with zero attached hydrogens (tertiary/aromatic N) is 2. The molecule has 4 N–H and O–H groups in total. The van der Waals surface area contributed by atoms with Gasteiger partial charge in [-0.25, -0.2) is 0 Å².